The lowest BCUT2D eigenvalue weighted by Gasteiger charge is -2.36. The smallest absolute Gasteiger partial charge is 0.0642 e. The second kappa shape index (κ2) is 8.58. The molecule has 0 spiro atoms. The van der Waals surface area contributed by atoms with Crippen LogP contribution in [0.15, 0.2) is 24.3 Å². The van der Waals surface area contributed by atoms with Crippen molar-refractivity contribution in [3.05, 3.63) is 35.4 Å². The van der Waals surface area contributed by atoms with Gasteiger partial charge >= 0.3 is 0 Å². The molecule has 1 heteroatoms. The van der Waals surface area contributed by atoms with Crippen LogP contribution in [0, 0.1) is 5.92 Å². The summed E-state index contributed by atoms with van der Waals surface area (Å²) in [6, 6.07) is 9.23. The lowest BCUT2D eigenvalue weighted by Crippen LogP contribution is -2.29. The van der Waals surface area contributed by atoms with Gasteiger partial charge < -0.3 is 4.74 Å². The van der Waals surface area contributed by atoms with E-state index in [1.54, 1.807) is 0 Å². The second-order valence-corrected chi connectivity index (χ2v) is 6.65. The number of benzene rings is 1. The molecule has 1 aromatic carbocycles. The molecule has 0 N–H and O–H groups in total. The summed E-state index contributed by atoms with van der Waals surface area (Å²) in [5, 5.41) is 0. The lowest BCUT2D eigenvalue weighted by atomic mass is 9.75. The number of ether oxygens (including phenoxy) is 1. The Morgan fingerprint density at radius 1 is 1.05 bits per heavy atom. The highest BCUT2D eigenvalue weighted by Gasteiger charge is 2.31. The molecule has 0 amide bonds. The molecule has 0 radical (unpaired) electrons. The van der Waals surface area contributed by atoms with Gasteiger partial charge in [0.15, 0.2) is 0 Å². The molecule has 1 nitrogen and oxygen atoms in total. The Balaban J connectivity index is 1.94. The molecule has 2 rings (SSSR count). The van der Waals surface area contributed by atoms with Gasteiger partial charge in [-0.1, -0.05) is 63.8 Å². The number of unbranched alkanes of at least 4 members (excludes halogenated alkanes) is 2. The van der Waals surface area contributed by atoms with Crippen LogP contribution in [0.1, 0.15) is 75.8 Å². The van der Waals surface area contributed by atoms with Crippen molar-refractivity contribution < 1.29 is 4.74 Å². The monoisotopic (exact) mass is 288 g/mol. The minimum atomic E-state index is 0.415. The van der Waals surface area contributed by atoms with Gasteiger partial charge in [0.1, 0.15) is 0 Å². The summed E-state index contributed by atoms with van der Waals surface area (Å²) < 4.78 is 5.85. The van der Waals surface area contributed by atoms with Crippen molar-refractivity contribution in [2.75, 3.05) is 7.11 Å². The number of methoxy groups -OCH3 is 1. The molecule has 0 bridgehead atoms. The lowest BCUT2D eigenvalue weighted by molar-refractivity contribution is 0.0304. The van der Waals surface area contributed by atoms with Crippen LogP contribution in [0.25, 0.3) is 0 Å². The second-order valence-electron chi connectivity index (χ2n) is 6.65. The minimum Gasteiger partial charge on any atom is -0.381 e. The predicted molar refractivity (Wildman–Crippen MR) is 90.8 cm³/mol. The SMILES string of the molecule is CCCCCC1CCC(c2ccc(CC)cc2)C(OC)C1. The van der Waals surface area contributed by atoms with Crippen molar-refractivity contribution in [2.45, 2.75) is 77.2 Å². The van der Waals surface area contributed by atoms with Crippen molar-refractivity contribution in [1.82, 2.24) is 0 Å². The summed E-state index contributed by atoms with van der Waals surface area (Å²) >= 11 is 0. The van der Waals surface area contributed by atoms with E-state index in [1.807, 2.05) is 7.11 Å². The van der Waals surface area contributed by atoms with Gasteiger partial charge in [-0.25, -0.2) is 0 Å². The van der Waals surface area contributed by atoms with E-state index in [0.717, 1.165) is 12.3 Å². The fourth-order valence-corrected chi connectivity index (χ4v) is 3.80. The first kappa shape index (κ1) is 16.5. The molecular weight excluding hydrogens is 256 g/mol. The fourth-order valence-electron chi connectivity index (χ4n) is 3.80. The van der Waals surface area contributed by atoms with Crippen LogP contribution in [-0.2, 0) is 11.2 Å². The molecule has 21 heavy (non-hydrogen) atoms. The highest BCUT2D eigenvalue weighted by Crippen LogP contribution is 2.39. The number of rotatable bonds is 7. The van der Waals surface area contributed by atoms with Gasteiger partial charge in [-0.3, -0.25) is 0 Å². The molecule has 1 aliphatic carbocycles. The zero-order chi connectivity index (χ0) is 15.1. The van der Waals surface area contributed by atoms with Crippen LogP contribution in [-0.4, -0.2) is 13.2 Å². The van der Waals surface area contributed by atoms with E-state index in [1.165, 1.54) is 56.1 Å². The number of hydrogen-bond donors (Lipinski definition) is 0. The average molecular weight is 288 g/mol. The largest absolute Gasteiger partial charge is 0.381 e. The standard InChI is InChI=1S/C20H32O/c1-4-6-7-8-17-11-14-19(20(15-17)21-3)18-12-9-16(5-2)10-13-18/h9-10,12-13,17,19-20H,4-8,11,14-15H2,1-3H3. The molecule has 3 atom stereocenters. The van der Waals surface area contributed by atoms with Crippen LogP contribution in [0.2, 0.25) is 0 Å². The molecular formula is C20H32O. The van der Waals surface area contributed by atoms with Crippen LogP contribution in [0.3, 0.4) is 0 Å². The van der Waals surface area contributed by atoms with Gasteiger partial charge in [-0.2, -0.15) is 0 Å². The molecule has 1 saturated carbocycles. The molecule has 0 aromatic heterocycles. The van der Waals surface area contributed by atoms with Crippen LogP contribution in [0.5, 0.6) is 0 Å². The first-order chi connectivity index (χ1) is 10.3. The first-order valence-corrected chi connectivity index (χ1v) is 8.90. The van der Waals surface area contributed by atoms with Gasteiger partial charge in [-0.05, 0) is 42.7 Å². The van der Waals surface area contributed by atoms with E-state index in [2.05, 4.69) is 38.1 Å². The highest BCUT2D eigenvalue weighted by molar-refractivity contribution is 5.26. The Bertz CT molecular complexity index is 395. The first-order valence-electron chi connectivity index (χ1n) is 8.90. The maximum absolute atomic E-state index is 5.85. The maximum atomic E-state index is 5.85. The van der Waals surface area contributed by atoms with Gasteiger partial charge in [0.25, 0.3) is 0 Å². The molecule has 118 valence electrons. The van der Waals surface area contributed by atoms with Crippen LogP contribution >= 0.6 is 0 Å². The van der Waals surface area contributed by atoms with E-state index in [-0.39, 0.29) is 0 Å². The summed E-state index contributed by atoms with van der Waals surface area (Å²) in [4.78, 5) is 0. The zero-order valence-electron chi connectivity index (χ0n) is 14.1. The molecule has 0 saturated heterocycles. The van der Waals surface area contributed by atoms with Crippen molar-refractivity contribution in [3.63, 3.8) is 0 Å². The molecule has 3 unspecified atom stereocenters. The third kappa shape index (κ3) is 4.57. The fraction of sp³-hybridized carbons (Fsp3) is 0.700. The zero-order valence-corrected chi connectivity index (χ0v) is 14.1. The highest BCUT2D eigenvalue weighted by atomic mass is 16.5. The van der Waals surface area contributed by atoms with Crippen molar-refractivity contribution >= 4 is 0 Å². The summed E-state index contributed by atoms with van der Waals surface area (Å²) in [5.74, 6) is 1.48. The van der Waals surface area contributed by atoms with E-state index in [4.69, 9.17) is 4.74 Å². The van der Waals surface area contributed by atoms with Crippen LogP contribution < -0.4 is 0 Å². The van der Waals surface area contributed by atoms with Crippen molar-refractivity contribution in [3.8, 4) is 0 Å². The van der Waals surface area contributed by atoms with Gasteiger partial charge in [0.05, 0.1) is 6.10 Å². The van der Waals surface area contributed by atoms with Gasteiger partial charge in [0.2, 0.25) is 0 Å². The minimum absolute atomic E-state index is 0.415. The van der Waals surface area contributed by atoms with Gasteiger partial charge in [0, 0.05) is 13.0 Å². The predicted octanol–water partition coefficient (Wildman–Crippen LogP) is 5.73. The van der Waals surface area contributed by atoms with E-state index < -0.39 is 0 Å². The van der Waals surface area contributed by atoms with E-state index in [9.17, 15) is 0 Å². The average Bonchev–Trinajstić information content (AvgIpc) is 2.55. The Labute approximate surface area is 131 Å². The molecule has 1 aromatic rings. The Kier molecular flexibility index (Phi) is 6.76. The molecule has 1 aliphatic rings. The van der Waals surface area contributed by atoms with Crippen molar-refractivity contribution in [1.29, 1.82) is 0 Å². The molecule has 1 fully saturated rings. The summed E-state index contributed by atoms with van der Waals surface area (Å²) in [5.41, 5.74) is 2.91. The summed E-state index contributed by atoms with van der Waals surface area (Å²) in [7, 11) is 1.90. The van der Waals surface area contributed by atoms with Crippen molar-refractivity contribution in [2.24, 2.45) is 5.92 Å². The maximum Gasteiger partial charge on any atom is 0.0642 e. The molecule has 0 heterocycles. The quantitative estimate of drug-likeness (QED) is 0.582. The van der Waals surface area contributed by atoms with E-state index >= 15 is 0 Å². The van der Waals surface area contributed by atoms with Crippen LogP contribution in [0.4, 0.5) is 0 Å². The Hall–Kier alpha value is -0.820. The number of aryl methyl sites for hydroxylation is 1. The normalized spacial score (nSPS) is 26.0. The van der Waals surface area contributed by atoms with E-state index in [0.29, 0.717) is 12.0 Å². The third-order valence-corrected chi connectivity index (χ3v) is 5.24. The Morgan fingerprint density at radius 2 is 1.81 bits per heavy atom. The topological polar surface area (TPSA) is 9.23 Å². The summed E-state index contributed by atoms with van der Waals surface area (Å²) in [6.07, 6.45) is 11.0. The third-order valence-electron chi connectivity index (χ3n) is 5.24. The summed E-state index contributed by atoms with van der Waals surface area (Å²) in [6.45, 7) is 4.50. The Morgan fingerprint density at radius 3 is 2.43 bits per heavy atom. The number of hydrogen-bond acceptors (Lipinski definition) is 1. The molecule has 0 aliphatic heterocycles. The van der Waals surface area contributed by atoms with Gasteiger partial charge in [-0.15, -0.1) is 0 Å².